The average molecular weight is 358 g/mol. The van der Waals surface area contributed by atoms with Gasteiger partial charge in [-0.2, -0.15) is 0 Å². The molecule has 0 aliphatic carbocycles. The van der Waals surface area contributed by atoms with Crippen LogP contribution in [0.3, 0.4) is 0 Å². The summed E-state index contributed by atoms with van der Waals surface area (Å²) in [5.74, 6) is 0.0447. The van der Waals surface area contributed by atoms with Crippen LogP contribution in [0.2, 0.25) is 0 Å². The molecule has 1 spiro atoms. The second-order valence-electron chi connectivity index (χ2n) is 7.29. The number of hydrogen-bond donors (Lipinski definition) is 2. The highest BCUT2D eigenvalue weighted by Crippen LogP contribution is 2.55. The maximum absolute atomic E-state index is 13.1. The van der Waals surface area contributed by atoms with Crippen LogP contribution in [0.4, 0.5) is 5.69 Å². The Bertz CT molecular complexity index is 1250. The van der Waals surface area contributed by atoms with Gasteiger partial charge in [0.1, 0.15) is 23.3 Å². The van der Waals surface area contributed by atoms with E-state index in [0.29, 0.717) is 16.7 Å². The molecule has 2 N–H and O–H groups in total. The molecule has 3 atom stereocenters. The van der Waals surface area contributed by atoms with E-state index < -0.39 is 17.5 Å². The molecule has 0 saturated carbocycles. The van der Waals surface area contributed by atoms with Crippen LogP contribution in [0.15, 0.2) is 53.3 Å². The number of nitrogens with zero attached hydrogens (tertiary/aromatic N) is 2. The first-order valence-electron chi connectivity index (χ1n) is 8.84. The van der Waals surface area contributed by atoms with Gasteiger partial charge < -0.3 is 10.6 Å². The molecule has 7 nitrogen and oxygen atoms in total. The predicted octanol–water partition coefficient (Wildman–Crippen LogP) is 1.40. The highest BCUT2D eigenvalue weighted by Gasteiger charge is 2.62. The van der Waals surface area contributed by atoms with Gasteiger partial charge in [-0.05, 0) is 30.2 Å². The van der Waals surface area contributed by atoms with E-state index in [0.717, 1.165) is 11.3 Å². The lowest BCUT2D eigenvalue weighted by atomic mass is 9.65. The molecule has 2 aromatic carbocycles. The summed E-state index contributed by atoms with van der Waals surface area (Å²) in [6, 6.07) is 13.1. The molecule has 1 aromatic heterocycles. The predicted molar refractivity (Wildman–Crippen MR) is 97.3 cm³/mol. The molecule has 132 valence electrons. The number of carbonyl (C=O) groups is 2. The average Bonchev–Trinajstić information content (AvgIpc) is 2.95. The first kappa shape index (κ1) is 14.7. The van der Waals surface area contributed by atoms with Crippen molar-refractivity contribution >= 4 is 28.4 Å². The second-order valence-corrected chi connectivity index (χ2v) is 7.29. The lowest BCUT2D eigenvalue weighted by Gasteiger charge is -2.48. The highest BCUT2D eigenvalue weighted by atomic mass is 16.2. The summed E-state index contributed by atoms with van der Waals surface area (Å²) in [7, 11) is 0. The standard InChI is InChI=1S/C20H14N4O3/c25-17-14-9-20(11-6-2-4-8-13(11)22-19(20)27)15(23-17)16-21-12-7-3-1-5-10(12)18(26)24(14)16/h1-8,14-15H,9H2,(H,22,27)(H,23,25)/t14-,15+,20?/m0/s1. The van der Waals surface area contributed by atoms with Gasteiger partial charge in [0, 0.05) is 5.69 Å². The SMILES string of the molecule is O=C1N[C@@H]2c3nc4ccccc4c(=O)n3[C@H]1CC21C(=O)Nc2ccccc21. The van der Waals surface area contributed by atoms with Crippen molar-refractivity contribution in [3.05, 3.63) is 70.3 Å². The zero-order chi connectivity index (χ0) is 18.3. The van der Waals surface area contributed by atoms with Gasteiger partial charge in [0.15, 0.2) is 0 Å². The van der Waals surface area contributed by atoms with Crippen molar-refractivity contribution in [3.63, 3.8) is 0 Å². The number of hydrogen-bond acceptors (Lipinski definition) is 4. The number of anilines is 1. The van der Waals surface area contributed by atoms with Gasteiger partial charge in [0.25, 0.3) is 5.56 Å². The van der Waals surface area contributed by atoms with Crippen molar-refractivity contribution in [3.8, 4) is 0 Å². The summed E-state index contributed by atoms with van der Waals surface area (Å²) in [4.78, 5) is 43.5. The number of benzene rings is 2. The van der Waals surface area contributed by atoms with Gasteiger partial charge in [0.2, 0.25) is 11.8 Å². The van der Waals surface area contributed by atoms with Crippen LogP contribution in [0.5, 0.6) is 0 Å². The van der Waals surface area contributed by atoms with Gasteiger partial charge in [-0.25, -0.2) is 4.98 Å². The van der Waals surface area contributed by atoms with E-state index in [1.165, 1.54) is 4.57 Å². The molecule has 7 rings (SSSR count). The lowest BCUT2D eigenvalue weighted by Crippen LogP contribution is -2.63. The van der Waals surface area contributed by atoms with E-state index in [-0.39, 0.29) is 23.8 Å². The van der Waals surface area contributed by atoms with Gasteiger partial charge in [-0.3, -0.25) is 19.0 Å². The highest BCUT2D eigenvalue weighted by molar-refractivity contribution is 6.08. The number of piperidine rings is 1. The number of nitrogens with one attached hydrogen (secondary N) is 2. The summed E-state index contributed by atoms with van der Waals surface area (Å²) < 4.78 is 1.48. The molecule has 2 bridgehead atoms. The van der Waals surface area contributed by atoms with Crippen molar-refractivity contribution in [2.24, 2.45) is 0 Å². The Morgan fingerprint density at radius 3 is 2.70 bits per heavy atom. The number of amides is 2. The van der Waals surface area contributed by atoms with Gasteiger partial charge in [0.05, 0.1) is 10.9 Å². The van der Waals surface area contributed by atoms with Crippen molar-refractivity contribution in [2.75, 3.05) is 5.32 Å². The molecule has 7 heteroatoms. The minimum atomic E-state index is -0.947. The van der Waals surface area contributed by atoms with E-state index in [2.05, 4.69) is 15.6 Å². The molecule has 2 amide bonds. The Labute approximate surface area is 153 Å². The van der Waals surface area contributed by atoms with Crippen LogP contribution in [-0.2, 0) is 15.0 Å². The van der Waals surface area contributed by atoms with Crippen LogP contribution in [0.1, 0.15) is 29.9 Å². The van der Waals surface area contributed by atoms with E-state index in [1.54, 1.807) is 18.2 Å². The van der Waals surface area contributed by atoms with E-state index in [4.69, 9.17) is 0 Å². The Morgan fingerprint density at radius 1 is 1.04 bits per heavy atom. The fourth-order valence-electron chi connectivity index (χ4n) is 4.87. The van der Waals surface area contributed by atoms with E-state index >= 15 is 0 Å². The molecule has 1 fully saturated rings. The lowest BCUT2D eigenvalue weighted by molar-refractivity contribution is -0.136. The van der Waals surface area contributed by atoms with Crippen LogP contribution in [-0.4, -0.2) is 21.4 Å². The maximum Gasteiger partial charge on any atom is 0.262 e. The third-order valence-corrected chi connectivity index (χ3v) is 6.06. The summed E-state index contributed by atoms with van der Waals surface area (Å²) in [6.07, 6.45) is 0.249. The first-order valence-corrected chi connectivity index (χ1v) is 8.84. The van der Waals surface area contributed by atoms with Crippen LogP contribution in [0, 0.1) is 0 Å². The molecule has 3 aromatic rings. The minimum Gasteiger partial charge on any atom is -0.343 e. The van der Waals surface area contributed by atoms with Crippen LogP contribution < -0.4 is 16.2 Å². The fourth-order valence-corrected chi connectivity index (χ4v) is 4.87. The van der Waals surface area contributed by atoms with E-state index in [1.807, 2.05) is 30.3 Å². The molecular weight excluding hydrogens is 344 g/mol. The van der Waals surface area contributed by atoms with Crippen LogP contribution in [0.25, 0.3) is 10.9 Å². The Morgan fingerprint density at radius 2 is 1.81 bits per heavy atom. The van der Waals surface area contributed by atoms with Crippen molar-refractivity contribution in [1.82, 2.24) is 14.9 Å². The molecule has 1 unspecified atom stereocenters. The number of aromatic nitrogens is 2. The zero-order valence-electron chi connectivity index (χ0n) is 14.1. The van der Waals surface area contributed by atoms with Gasteiger partial charge >= 0.3 is 0 Å². The normalized spacial score (nSPS) is 27.4. The van der Waals surface area contributed by atoms with Crippen molar-refractivity contribution in [1.29, 1.82) is 0 Å². The summed E-state index contributed by atoms with van der Waals surface area (Å²) >= 11 is 0. The fraction of sp³-hybridized carbons (Fsp3) is 0.200. The summed E-state index contributed by atoms with van der Waals surface area (Å²) in [5.41, 5.74) is 0.980. The van der Waals surface area contributed by atoms with Gasteiger partial charge in [-0.1, -0.05) is 30.3 Å². The zero-order valence-corrected chi connectivity index (χ0v) is 14.1. The third kappa shape index (κ3) is 1.58. The quantitative estimate of drug-likeness (QED) is 0.635. The third-order valence-electron chi connectivity index (χ3n) is 6.06. The molecule has 5 heterocycles. The van der Waals surface area contributed by atoms with Crippen LogP contribution >= 0.6 is 0 Å². The number of carbonyl (C=O) groups excluding carboxylic acids is 2. The second kappa shape index (κ2) is 4.62. The minimum absolute atomic E-state index is 0.160. The van der Waals surface area contributed by atoms with Crippen molar-refractivity contribution in [2.45, 2.75) is 23.9 Å². The van der Waals surface area contributed by atoms with E-state index in [9.17, 15) is 14.4 Å². The first-order chi connectivity index (χ1) is 13.1. The largest absolute Gasteiger partial charge is 0.343 e. The number of rotatable bonds is 0. The molecular formula is C20H14N4O3. The molecule has 27 heavy (non-hydrogen) atoms. The topological polar surface area (TPSA) is 93.1 Å². The maximum atomic E-state index is 13.1. The Hall–Kier alpha value is -3.48. The smallest absolute Gasteiger partial charge is 0.262 e. The van der Waals surface area contributed by atoms with Crippen molar-refractivity contribution < 1.29 is 9.59 Å². The molecule has 4 aliphatic rings. The van der Waals surface area contributed by atoms with Gasteiger partial charge in [-0.15, -0.1) is 0 Å². The molecule has 1 saturated heterocycles. The number of para-hydroxylation sites is 2. The molecule has 0 radical (unpaired) electrons. The monoisotopic (exact) mass is 358 g/mol. The molecule has 4 aliphatic heterocycles. The summed E-state index contributed by atoms with van der Waals surface area (Å²) in [5, 5.41) is 6.36. The Balaban J connectivity index is 1.69. The number of fused-ring (bicyclic) bond motifs is 3. The Kier molecular flexibility index (Phi) is 2.51. The summed E-state index contributed by atoms with van der Waals surface area (Å²) in [6.45, 7) is 0.